The zero-order valence-electron chi connectivity index (χ0n) is 66.7. The first-order chi connectivity index (χ1) is 55.0. The number of nitrogens with one attached hydrogen (secondary N) is 12. The van der Waals surface area contributed by atoms with E-state index in [-0.39, 0.29) is 24.1 Å². The Labute approximate surface area is 661 Å². The minimum Gasteiger partial charge on any atom is -0.496 e. The molecule has 3 aliphatic heterocycles. The van der Waals surface area contributed by atoms with E-state index in [9.17, 15) is 19.2 Å². The Bertz CT molecular complexity index is 4950. The number of anilines is 4. The highest BCUT2D eigenvalue weighted by atomic mass is 16.5. The predicted octanol–water partition coefficient (Wildman–Crippen LogP) is 16.4. The lowest BCUT2D eigenvalue weighted by molar-refractivity contribution is 0.247. The molecule has 3 atom stereocenters. The number of aromatic nitrogens is 8. The van der Waals surface area contributed by atoms with E-state index in [2.05, 4.69) is 268 Å². The Balaban J connectivity index is 0.000000140. The molecule has 592 valence electrons. The number of urea groups is 4. The minimum absolute atomic E-state index is 0.210. The number of carbonyl (C=O) groups is 4. The van der Waals surface area contributed by atoms with Gasteiger partial charge in [0.05, 0.1) is 29.2 Å². The lowest BCUT2D eigenvalue weighted by atomic mass is 10.0. The standard InChI is InChI=1S/C23H29N5O.2C22H27N5O.C21H27N5O2/c1-3-16-6-8-17(9-7-16)18-10-11-20-21(15-18)26-27-22(20)25-23(29)24-13-12-19-5-4-14-28(19)2;2*1-15-5-7-16(8-6-15)17-9-10-19-20(14-17)25-26-21(19)24-22(28)23-12-11-18-4-3-13-27(18)2;1-4-26(5-2)13-12-22-21(27)23-20-17-11-10-15(14-18(17)24-25-20)16-8-6-7-9-19(16)28-3/h6-11,15,19H,3-5,12-14H2,1-2H3,(H3,24,25,26,27,29);2*5-10,14,18H,3-4,11-13H2,1-2H3,(H3,23,24,25,26,28);6-11,14H,4-5,12-13H2,1-3H3,(H3,22,23,24,25,27). The molecule has 3 fully saturated rings. The molecule has 8 aromatic carbocycles. The number of hydrogen-bond donors (Lipinski definition) is 12. The number of hydrogen-bond acceptors (Lipinski definition) is 13. The van der Waals surface area contributed by atoms with Crippen LogP contribution in [0, 0.1) is 13.8 Å². The summed E-state index contributed by atoms with van der Waals surface area (Å²) < 4.78 is 5.45. The van der Waals surface area contributed by atoms with Crippen LogP contribution >= 0.6 is 0 Å². The third-order valence-corrected chi connectivity index (χ3v) is 22.0. The largest absolute Gasteiger partial charge is 0.496 e. The van der Waals surface area contributed by atoms with E-state index in [1.807, 2.05) is 60.7 Å². The fraction of sp³-hybridized carbons (Fsp3) is 0.364. The molecule has 12 N–H and O–H groups in total. The second-order valence-corrected chi connectivity index (χ2v) is 29.6. The quantitative estimate of drug-likeness (QED) is 0.0268. The molecule has 15 rings (SSSR count). The first-order valence-electron chi connectivity index (χ1n) is 39.8. The van der Waals surface area contributed by atoms with Gasteiger partial charge in [-0.1, -0.05) is 147 Å². The molecule has 0 aliphatic carbocycles. The topological polar surface area (TPSA) is 301 Å². The molecule has 7 heterocycles. The maximum Gasteiger partial charge on any atom is 0.320 e. The zero-order chi connectivity index (χ0) is 79.2. The van der Waals surface area contributed by atoms with Crippen LogP contribution in [0.25, 0.3) is 88.1 Å². The molecule has 4 aromatic heterocycles. The van der Waals surface area contributed by atoms with Gasteiger partial charge in [0.2, 0.25) is 0 Å². The van der Waals surface area contributed by atoms with Crippen LogP contribution in [-0.2, 0) is 6.42 Å². The van der Waals surface area contributed by atoms with Crippen LogP contribution in [-0.4, -0.2) is 196 Å². The van der Waals surface area contributed by atoms with Gasteiger partial charge in [-0.15, -0.1) is 0 Å². The Kier molecular flexibility index (Phi) is 28.3. The average molecular weight is 1530 g/mol. The van der Waals surface area contributed by atoms with Crippen molar-refractivity contribution in [3.63, 3.8) is 0 Å². The second kappa shape index (κ2) is 39.5. The summed E-state index contributed by atoms with van der Waals surface area (Å²) >= 11 is 0. The summed E-state index contributed by atoms with van der Waals surface area (Å²) in [6, 6.07) is 58.5. The molecule has 0 radical (unpaired) electrons. The Morgan fingerprint density at radius 1 is 0.416 bits per heavy atom. The molecule has 3 saturated heterocycles. The second-order valence-electron chi connectivity index (χ2n) is 29.6. The maximum atomic E-state index is 12.3. The average Bonchev–Trinajstić information content (AvgIpc) is 1.68. The van der Waals surface area contributed by atoms with Crippen LogP contribution in [0.5, 0.6) is 5.75 Å². The summed E-state index contributed by atoms with van der Waals surface area (Å²) in [5, 5.41) is 55.9. The summed E-state index contributed by atoms with van der Waals surface area (Å²) in [5.41, 5.74) is 16.2. The Morgan fingerprint density at radius 3 is 1.06 bits per heavy atom. The van der Waals surface area contributed by atoms with Crippen LogP contribution in [0.3, 0.4) is 0 Å². The van der Waals surface area contributed by atoms with Crippen LogP contribution in [0.1, 0.15) is 95.2 Å². The van der Waals surface area contributed by atoms with Gasteiger partial charge >= 0.3 is 24.1 Å². The number of carbonyl (C=O) groups excluding carboxylic acids is 4. The number of methoxy groups -OCH3 is 1. The van der Waals surface area contributed by atoms with E-state index >= 15 is 0 Å². The van der Waals surface area contributed by atoms with Crippen molar-refractivity contribution in [1.29, 1.82) is 0 Å². The number of rotatable bonds is 24. The van der Waals surface area contributed by atoms with Gasteiger partial charge in [0.25, 0.3) is 0 Å². The number of para-hydroxylation sites is 1. The van der Waals surface area contributed by atoms with Crippen molar-refractivity contribution in [3.8, 4) is 50.3 Å². The van der Waals surface area contributed by atoms with Crippen LogP contribution < -0.4 is 47.3 Å². The van der Waals surface area contributed by atoms with E-state index in [4.69, 9.17) is 4.74 Å². The first kappa shape index (κ1) is 80.9. The minimum atomic E-state index is -0.255. The van der Waals surface area contributed by atoms with Gasteiger partial charge < -0.3 is 45.6 Å². The fourth-order valence-electron chi connectivity index (χ4n) is 15.0. The Hall–Kier alpha value is -11.6. The highest BCUT2D eigenvalue weighted by molar-refractivity contribution is 6.03. The van der Waals surface area contributed by atoms with Gasteiger partial charge in [0.15, 0.2) is 23.3 Å². The summed E-state index contributed by atoms with van der Waals surface area (Å²) in [5.74, 6) is 3.00. The van der Waals surface area contributed by atoms with Crippen LogP contribution in [0.15, 0.2) is 170 Å². The number of aryl methyl sites for hydroxylation is 3. The molecule has 3 unspecified atom stereocenters. The lowest BCUT2D eigenvalue weighted by Crippen LogP contribution is -2.37. The van der Waals surface area contributed by atoms with Crippen molar-refractivity contribution in [3.05, 3.63) is 187 Å². The van der Waals surface area contributed by atoms with Gasteiger partial charge in [0, 0.05) is 78.0 Å². The van der Waals surface area contributed by atoms with Gasteiger partial charge in [-0.2, -0.15) is 20.4 Å². The fourth-order valence-corrected chi connectivity index (χ4v) is 15.0. The van der Waals surface area contributed by atoms with Gasteiger partial charge in [0.1, 0.15) is 5.75 Å². The normalized spacial score (nSPS) is 15.6. The highest BCUT2D eigenvalue weighted by Gasteiger charge is 2.24. The van der Waals surface area contributed by atoms with Crippen molar-refractivity contribution >= 4 is 91.0 Å². The number of benzene rings is 8. The maximum absolute atomic E-state index is 12.3. The third kappa shape index (κ3) is 21.7. The van der Waals surface area contributed by atoms with Gasteiger partial charge in [-0.3, -0.25) is 41.7 Å². The Morgan fingerprint density at radius 2 is 0.735 bits per heavy atom. The van der Waals surface area contributed by atoms with Crippen molar-refractivity contribution in [1.82, 2.24) is 81.7 Å². The number of nitrogens with zero attached hydrogens (tertiary/aromatic N) is 8. The number of H-pyrrole nitrogens is 4. The van der Waals surface area contributed by atoms with E-state index in [0.29, 0.717) is 67.6 Å². The van der Waals surface area contributed by atoms with E-state index in [1.54, 1.807) is 7.11 Å². The number of ether oxygens (including phenoxy) is 1. The van der Waals surface area contributed by atoms with E-state index in [1.165, 1.54) is 60.8 Å². The van der Waals surface area contributed by atoms with Crippen molar-refractivity contribution in [2.45, 2.75) is 117 Å². The number of likely N-dealkylation sites (N-methyl/N-ethyl adjacent to an activating group) is 1. The van der Waals surface area contributed by atoms with Crippen LogP contribution in [0.2, 0.25) is 0 Å². The number of fused-ring (bicyclic) bond motifs is 4. The van der Waals surface area contributed by atoms with Crippen molar-refractivity contribution in [2.24, 2.45) is 0 Å². The molecule has 0 spiro atoms. The van der Waals surface area contributed by atoms with Crippen molar-refractivity contribution < 1.29 is 23.9 Å². The van der Waals surface area contributed by atoms with E-state index < -0.39 is 0 Å². The van der Waals surface area contributed by atoms with Gasteiger partial charge in [-0.05, 0) is 231 Å². The van der Waals surface area contributed by atoms with E-state index in [0.717, 1.165) is 153 Å². The summed E-state index contributed by atoms with van der Waals surface area (Å²) in [6.45, 7) is 19.4. The first-order valence-corrected chi connectivity index (χ1v) is 39.8. The molecule has 8 amide bonds. The SMILES string of the molecule is CCN(CC)CCNC(=O)Nc1n[nH]c2cc(-c3ccccc3OC)ccc12.CCc1ccc(-c2ccc3c(NC(=O)NCCC4CCCN4C)n[nH]c3c2)cc1.Cc1ccc(-c2ccc3c(NC(=O)NCCC4CCCN4C)n[nH]c3c2)cc1.Cc1ccc(-c2ccc3c(NC(=O)NCCC4CCCN4C)n[nH]c3c2)cc1. The molecule has 3 aliphatic rings. The summed E-state index contributed by atoms with van der Waals surface area (Å²) in [4.78, 5) is 58.3. The molecular weight excluding hydrogens is 1420 g/mol. The molecule has 25 nitrogen and oxygen atoms in total. The number of amides is 8. The third-order valence-electron chi connectivity index (χ3n) is 22.0. The molecule has 113 heavy (non-hydrogen) atoms. The zero-order valence-corrected chi connectivity index (χ0v) is 66.7. The summed E-state index contributed by atoms with van der Waals surface area (Å²) in [7, 11) is 8.12. The van der Waals surface area contributed by atoms with Gasteiger partial charge in [-0.25, -0.2) is 19.2 Å². The molecule has 12 aromatic rings. The molecule has 0 bridgehead atoms. The van der Waals surface area contributed by atoms with Crippen molar-refractivity contribution in [2.75, 3.05) is 115 Å². The molecule has 25 heteroatoms. The highest BCUT2D eigenvalue weighted by Crippen LogP contribution is 2.35. The number of likely N-dealkylation sites (tertiary alicyclic amines) is 3. The smallest absolute Gasteiger partial charge is 0.320 e. The summed E-state index contributed by atoms with van der Waals surface area (Å²) in [6.07, 6.45) is 11.4. The monoisotopic (exact) mass is 1530 g/mol. The lowest BCUT2D eigenvalue weighted by Gasteiger charge is -2.19. The predicted molar refractivity (Wildman–Crippen MR) is 458 cm³/mol. The van der Waals surface area contributed by atoms with Crippen LogP contribution in [0.4, 0.5) is 42.4 Å². The number of aromatic amines is 4. The molecule has 0 saturated carbocycles. The molecular formula is C88H110N20O5.